The maximum absolute atomic E-state index is 4.97. The molecule has 7 rings (SSSR count). The molecular weight excluding hydrogens is 400 g/mol. The lowest BCUT2D eigenvalue weighted by molar-refractivity contribution is 0.867. The van der Waals surface area contributed by atoms with Crippen molar-refractivity contribution in [3.05, 3.63) is 84.1 Å². The fraction of sp³-hybridized carbons (Fsp3) is 0.194. The molecule has 0 fully saturated rings. The van der Waals surface area contributed by atoms with Gasteiger partial charge in [-0.05, 0) is 57.3 Å². The van der Waals surface area contributed by atoms with Crippen LogP contribution in [0.25, 0.3) is 59.8 Å². The molecule has 0 aliphatic heterocycles. The molecule has 7 aromatic rings. The first-order chi connectivity index (χ1) is 16.0. The van der Waals surface area contributed by atoms with Crippen LogP contribution in [0, 0.1) is 0 Å². The Balaban J connectivity index is 1.91. The van der Waals surface area contributed by atoms with E-state index in [1.54, 1.807) is 0 Å². The molecule has 0 amide bonds. The molecule has 0 aliphatic rings. The molecule has 0 N–H and O–H groups in total. The van der Waals surface area contributed by atoms with Crippen LogP contribution in [-0.2, 0) is 0 Å². The van der Waals surface area contributed by atoms with Gasteiger partial charge in [-0.1, -0.05) is 76.2 Å². The number of aromatic nitrogens is 2. The third kappa shape index (κ3) is 2.36. The van der Waals surface area contributed by atoms with Gasteiger partial charge in [-0.3, -0.25) is 4.98 Å². The van der Waals surface area contributed by atoms with Gasteiger partial charge in [0.1, 0.15) is 0 Å². The normalized spacial score (nSPS) is 12.8. The summed E-state index contributed by atoms with van der Waals surface area (Å²) >= 11 is 0. The predicted octanol–water partition coefficient (Wildman–Crippen LogP) is 8.78. The van der Waals surface area contributed by atoms with Crippen LogP contribution in [0.3, 0.4) is 0 Å². The smallest absolute Gasteiger partial charge is 0.0823 e. The summed E-state index contributed by atoms with van der Waals surface area (Å²) in [6.07, 6.45) is 1.96. The van der Waals surface area contributed by atoms with Gasteiger partial charge in [-0.25, -0.2) is 0 Å². The first-order valence-corrected chi connectivity index (χ1v) is 12.0. The van der Waals surface area contributed by atoms with E-state index in [9.17, 15) is 0 Å². The van der Waals surface area contributed by atoms with Crippen LogP contribution in [0.15, 0.2) is 72.9 Å². The lowest BCUT2D eigenvalue weighted by Gasteiger charge is -2.19. The van der Waals surface area contributed by atoms with Gasteiger partial charge in [0, 0.05) is 27.7 Å². The molecule has 33 heavy (non-hydrogen) atoms. The van der Waals surface area contributed by atoms with Crippen LogP contribution < -0.4 is 0 Å². The van der Waals surface area contributed by atoms with E-state index < -0.39 is 0 Å². The number of rotatable bonds is 2. The molecule has 0 radical (unpaired) electrons. The van der Waals surface area contributed by atoms with E-state index in [2.05, 4.69) is 98.8 Å². The predicted molar refractivity (Wildman–Crippen MR) is 142 cm³/mol. The molecule has 2 heteroatoms. The molecule has 4 aromatic carbocycles. The van der Waals surface area contributed by atoms with Crippen LogP contribution in [0.1, 0.15) is 50.7 Å². The Kier molecular flexibility index (Phi) is 3.69. The molecule has 0 saturated heterocycles. The van der Waals surface area contributed by atoms with E-state index >= 15 is 0 Å². The van der Waals surface area contributed by atoms with Gasteiger partial charge in [0.2, 0.25) is 0 Å². The number of nitrogens with zero attached hydrogens (tertiary/aromatic N) is 2. The molecule has 3 heterocycles. The average molecular weight is 427 g/mol. The summed E-state index contributed by atoms with van der Waals surface area (Å²) in [6, 6.07) is 24.9. The van der Waals surface area contributed by atoms with E-state index in [1.165, 1.54) is 65.4 Å². The van der Waals surface area contributed by atoms with Crippen LogP contribution in [0.2, 0.25) is 0 Å². The van der Waals surface area contributed by atoms with Gasteiger partial charge >= 0.3 is 0 Å². The third-order valence-electron chi connectivity index (χ3n) is 7.46. The molecule has 160 valence electrons. The summed E-state index contributed by atoms with van der Waals surface area (Å²) in [4.78, 5) is 4.97. The number of benzene rings is 4. The van der Waals surface area contributed by atoms with Crippen molar-refractivity contribution in [2.45, 2.75) is 39.5 Å². The largest absolute Gasteiger partial charge is 0.308 e. The van der Waals surface area contributed by atoms with Crippen molar-refractivity contribution in [2.24, 2.45) is 0 Å². The number of hydrogen-bond acceptors (Lipinski definition) is 1. The highest BCUT2D eigenvalue weighted by atomic mass is 14.9. The van der Waals surface area contributed by atoms with E-state index in [0.717, 1.165) is 5.52 Å². The van der Waals surface area contributed by atoms with E-state index in [1.807, 2.05) is 6.20 Å². The Morgan fingerprint density at radius 2 is 1.48 bits per heavy atom. The van der Waals surface area contributed by atoms with E-state index in [4.69, 9.17) is 4.98 Å². The summed E-state index contributed by atoms with van der Waals surface area (Å²) in [5.41, 5.74) is 7.81. The molecule has 0 spiro atoms. The standard InChI is InChI=1S/C31H26N2/c1-17(2)20-10-11-23-24-12-9-19-13-14-32-29-25-15-21-7-5-6-8-22(21)27(18(3)4)31(25)33(26(23)16-20)30(24)28(19)29/h5-18H,1-4H3. The fourth-order valence-corrected chi connectivity index (χ4v) is 5.95. The van der Waals surface area contributed by atoms with Gasteiger partial charge in [0.15, 0.2) is 0 Å². The van der Waals surface area contributed by atoms with Gasteiger partial charge in [0.25, 0.3) is 0 Å². The topological polar surface area (TPSA) is 17.3 Å². The molecule has 0 bridgehead atoms. The Labute approximate surface area is 192 Å². The zero-order valence-corrected chi connectivity index (χ0v) is 19.5. The highest BCUT2D eigenvalue weighted by Gasteiger charge is 2.23. The monoisotopic (exact) mass is 426 g/mol. The average Bonchev–Trinajstić information content (AvgIpc) is 3.16. The van der Waals surface area contributed by atoms with E-state index in [-0.39, 0.29) is 0 Å². The first-order valence-electron chi connectivity index (χ1n) is 12.0. The van der Waals surface area contributed by atoms with Gasteiger partial charge < -0.3 is 4.40 Å². The molecular formula is C31H26N2. The number of hydrogen-bond donors (Lipinski definition) is 0. The molecule has 3 aromatic heterocycles. The fourth-order valence-electron chi connectivity index (χ4n) is 5.95. The summed E-state index contributed by atoms with van der Waals surface area (Å²) in [6.45, 7) is 9.19. The summed E-state index contributed by atoms with van der Waals surface area (Å²) in [5, 5.41) is 9.04. The minimum Gasteiger partial charge on any atom is -0.308 e. The van der Waals surface area contributed by atoms with Gasteiger partial charge in [0.05, 0.1) is 22.1 Å². The SMILES string of the molecule is CC(C)c1ccc2c3ccc4ccnc5c6cc7ccccc7c(C(C)C)c6n(c2c1)c3c45. The summed E-state index contributed by atoms with van der Waals surface area (Å²) in [7, 11) is 0. The quantitative estimate of drug-likeness (QED) is 0.199. The van der Waals surface area contributed by atoms with Gasteiger partial charge in [-0.2, -0.15) is 0 Å². The summed E-state index contributed by atoms with van der Waals surface area (Å²) in [5.74, 6) is 0.869. The molecule has 2 nitrogen and oxygen atoms in total. The van der Waals surface area contributed by atoms with Crippen LogP contribution >= 0.6 is 0 Å². The second kappa shape index (κ2) is 6.45. The Bertz CT molecular complexity index is 1870. The highest BCUT2D eigenvalue weighted by Crippen LogP contribution is 2.44. The zero-order valence-electron chi connectivity index (χ0n) is 19.5. The number of fused-ring (bicyclic) bond motifs is 7. The van der Waals surface area contributed by atoms with Crippen molar-refractivity contribution in [1.82, 2.24) is 9.38 Å². The Hall–Kier alpha value is -3.65. The van der Waals surface area contributed by atoms with Crippen molar-refractivity contribution < 1.29 is 0 Å². The van der Waals surface area contributed by atoms with Crippen molar-refractivity contribution in [2.75, 3.05) is 0 Å². The second-order valence-electron chi connectivity index (χ2n) is 10.0. The lowest BCUT2D eigenvalue weighted by atomic mass is 9.91. The van der Waals surface area contributed by atoms with Crippen LogP contribution in [0.5, 0.6) is 0 Å². The summed E-state index contributed by atoms with van der Waals surface area (Å²) < 4.78 is 2.56. The van der Waals surface area contributed by atoms with Crippen molar-refractivity contribution in [3.8, 4) is 0 Å². The minimum absolute atomic E-state index is 0.384. The maximum Gasteiger partial charge on any atom is 0.0823 e. The maximum atomic E-state index is 4.97. The van der Waals surface area contributed by atoms with Crippen LogP contribution in [-0.4, -0.2) is 9.38 Å². The first kappa shape index (κ1) is 18.9. The van der Waals surface area contributed by atoms with Crippen LogP contribution in [0.4, 0.5) is 0 Å². The number of pyridine rings is 2. The highest BCUT2D eigenvalue weighted by molar-refractivity contribution is 6.29. The minimum atomic E-state index is 0.384. The molecule has 0 unspecified atom stereocenters. The van der Waals surface area contributed by atoms with Crippen molar-refractivity contribution in [3.63, 3.8) is 0 Å². The van der Waals surface area contributed by atoms with Gasteiger partial charge in [-0.15, -0.1) is 0 Å². The van der Waals surface area contributed by atoms with Crippen molar-refractivity contribution in [1.29, 1.82) is 0 Å². The van der Waals surface area contributed by atoms with Crippen molar-refractivity contribution >= 4 is 59.8 Å². The third-order valence-corrected chi connectivity index (χ3v) is 7.46. The molecule has 0 atom stereocenters. The zero-order chi connectivity index (χ0) is 22.4. The Morgan fingerprint density at radius 3 is 2.30 bits per heavy atom. The lowest BCUT2D eigenvalue weighted by Crippen LogP contribution is -2.01. The molecule has 0 saturated carbocycles. The molecule has 0 aliphatic carbocycles. The Morgan fingerprint density at radius 1 is 0.667 bits per heavy atom. The second-order valence-corrected chi connectivity index (χ2v) is 10.0. The van der Waals surface area contributed by atoms with E-state index in [0.29, 0.717) is 11.8 Å².